The van der Waals surface area contributed by atoms with Gasteiger partial charge in [0.25, 0.3) is 0 Å². The maximum absolute atomic E-state index is 11.3. The van der Waals surface area contributed by atoms with Crippen molar-refractivity contribution in [3.63, 3.8) is 0 Å². The first-order chi connectivity index (χ1) is 6.95. The molecule has 0 aromatic heterocycles. The Morgan fingerprint density at radius 2 is 1.47 bits per heavy atom. The van der Waals surface area contributed by atoms with Crippen molar-refractivity contribution in [3.05, 3.63) is 0 Å². The Kier molecular flexibility index (Phi) is 8.27. The molecule has 15 heavy (non-hydrogen) atoms. The Morgan fingerprint density at radius 3 is 1.60 bits per heavy atom. The molecular weight excluding hydrogens is 232 g/mol. The fourth-order valence-electron chi connectivity index (χ4n) is 0.840. The summed E-state index contributed by atoms with van der Waals surface area (Å²) < 4.78 is 41.7. The van der Waals surface area contributed by atoms with E-state index < -0.39 is 14.7 Å². The van der Waals surface area contributed by atoms with Crippen LogP contribution in [-0.2, 0) is 9.26 Å². The third-order valence-corrected chi connectivity index (χ3v) is 2.19. The van der Waals surface area contributed by atoms with E-state index in [9.17, 15) is 12.6 Å². The molecule has 1 atom stereocenters. The molecule has 1 saturated heterocycles. The molecule has 2 N–H and O–H groups in total. The molecule has 1 fully saturated rings. The van der Waals surface area contributed by atoms with Crippen LogP contribution in [0.4, 0.5) is 12.6 Å². The van der Waals surface area contributed by atoms with Crippen molar-refractivity contribution in [2.75, 3.05) is 33.3 Å². The van der Waals surface area contributed by atoms with Gasteiger partial charge in [-0.2, -0.15) is 0 Å². The summed E-state index contributed by atoms with van der Waals surface area (Å²) in [7, 11) is -4.71. The van der Waals surface area contributed by atoms with Crippen LogP contribution in [0, 0.1) is 0 Å². The fourth-order valence-corrected chi connectivity index (χ4v) is 1.31. The van der Waals surface area contributed by atoms with E-state index in [2.05, 4.69) is 19.9 Å². The number of hydrogen-bond acceptors (Lipinski definition) is 4. The van der Waals surface area contributed by atoms with E-state index in [1.807, 2.05) is 0 Å². The molecule has 1 unspecified atom stereocenters. The second-order valence-corrected chi connectivity index (χ2v) is 3.99. The van der Waals surface area contributed by atoms with Crippen LogP contribution < -0.4 is 10.6 Å². The monoisotopic (exact) mass is 250 g/mol. The second-order valence-electron chi connectivity index (χ2n) is 2.87. The molecule has 1 aliphatic heterocycles. The minimum absolute atomic E-state index is 1.14. The summed E-state index contributed by atoms with van der Waals surface area (Å²) in [6, 6.07) is 0. The summed E-state index contributed by atoms with van der Waals surface area (Å²) in [5.41, 5.74) is 0. The third kappa shape index (κ3) is 12.0. The topological polar surface area (TPSA) is 42.5 Å². The molecule has 0 aromatic rings. The molecule has 0 aliphatic carbocycles. The van der Waals surface area contributed by atoms with Gasteiger partial charge in [0.1, 0.15) is 0 Å². The first-order valence-corrected chi connectivity index (χ1v) is 6.18. The zero-order valence-corrected chi connectivity index (χ0v) is 9.86. The van der Waals surface area contributed by atoms with Crippen molar-refractivity contribution in [1.82, 2.24) is 10.6 Å². The van der Waals surface area contributed by atoms with Crippen LogP contribution in [0.1, 0.15) is 6.92 Å². The van der Waals surface area contributed by atoms with Crippen LogP contribution in [0.15, 0.2) is 0 Å². The van der Waals surface area contributed by atoms with Crippen molar-refractivity contribution in [2.24, 2.45) is 0 Å². The molecule has 0 radical (unpaired) electrons. The van der Waals surface area contributed by atoms with Crippen LogP contribution in [0.25, 0.3) is 0 Å². The number of halogens is 3. The first-order valence-electron chi connectivity index (χ1n) is 4.64. The fraction of sp³-hybridized carbons (Fsp3) is 1.00. The van der Waals surface area contributed by atoms with Gasteiger partial charge in [-0.1, -0.05) is 0 Å². The Balaban J connectivity index is 0.000000280. The van der Waals surface area contributed by atoms with E-state index >= 15 is 0 Å². The first kappa shape index (κ1) is 15.1. The average molecular weight is 250 g/mol. The van der Waals surface area contributed by atoms with Crippen molar-refractivity contribution in [1.29, 1.82) is 0 Å². The van der Waals surface area contributed by atoms with E-state index in [1.54, 1.807) is 0 Å². The Bertz CT molecular complexity index is 144. The second kappa shape index (κ2) is 8.24. The van der Waals surface area contributed by atoms with Gasteiger partial charge in [0, 0.05) is 26.2 Å². The van der Waals surface area contributed by atoms with Crippen LogP contribution in [0.5, 0.6) is 0 Å². The normalized spacial score (nSPS) is 20.1. The number of hydrogen-bond donors (Lipinski definition) is 2. The summed E-state index contributed by atoms with van der Waals surface area (Å²) in [5.74, 6) is 0. The Labute approximate surface area is 88.3 Å². The van der Waals surface area contributed by atoms with Gasteiger partial charge in [0.15, 0.2) is 0 Å². The van der Waals surface area contributed by atoms with Gasteiger partial charge in [-0.15, -0.1) is 0 Å². The Hall–Kier alpha value is 0.0600. The van der Waals surface area contributed by atoms with Crippen molar-refractivity contribution in [2.45, 2.75) is 13.2 Å². The van der Waals surface area contributed by atoms with Gasteiger partial charge in [0.05, 0.1) is 0 Å². The van der Waals surface area contributed by atoms with Crippen LogP contribution in [0.3, 0.4) is 0 Å². The predicted molar refractivity (Wildman–Crippen MR) is 54.9 cm³/mol. The summed E-state index contributed by atoms with van der Waals surface area (Å²) in [6.45, 7) is 5.75. The summed E-state index contributed by atoms with van der Waals surface area (Å²) in [6.07, 6.45) is -1.17. The molecule has 1 aliphatic rings. The Morgan fingerprint density at radius 1 is 1.07 bits per heavy atom. The summed E-state index contributed by atoms with van der Waals surface area (Å²) in [5, 5.41) is 6.44. The van der Waals surface area contributed by atoms with E-state index in [-0.39, 0.29) is 0 Å². The van der Waals surface area contributed by atoms with Gasteiger partial charge >= 0.3 is 50.6 Å². The zero-order chi connectivity index (χ0) is 11.7. The quantitative estimate of drug-likeness (QED) is 0.588. The van der Waals surface area contributed by atoms with Crippen molar-refractivity contribution >= 4 is 8.42 Å². The summed E-state index contributed by atoms with van der Waals surface area (Å²) in [4.78, 5) is 0. The van der Waals surface area contributed by atoms with E-state index in [1.165, 1.54) is 6.92 Å². The molecule has 4 nitrogen and oxygen atoms in total. The van der Waals surface area contributed by atoms with E-state index in [0.29, 0.717) is 0 Å². The van der Waals surface area contributed by atoms with Crippen molar-refractivity contribution < 1.29 is 21.9 Å². The number of nitrogens with one attached hydrogen (secondary N) is 2. The van der Waals surface area contributed by atoms with Crippen LogP contribution in [-0.4, -0.2) is 39.6 Å². The number of methoxy groups -OCH3 is 1. The van der Waals surface area contributed by atoms with Gasteiger partial charge in [-0.3, -0.25) is 0 Å². The molecule has 1 rings (SSSR count). The zero-order valence-electron chi connectivity index (χ0n) is 8.86. The number of ether oxygens (including phenoxy) is 1. The van der Waals surface area contributed by atoms with E-state index in [4.69, 9.17) is 0 Å². The van der Waals surface area contributed by atoms with Gasteiger partial charge < -0.3 is 10.6 Å². The third-order valence-electron chi connectivity index (χ3n) is 1.59. The molecule has 0 spiro atoms. The summed E-state index contributed by atoms with van der Waals surface area (Å²) >= 11 is 0. The standard InChI is InChI=1S/C4H10N2.C3H8F3O2P/c1-2-6-4-3-5-1;1-3(7-2)8-9(4,5)6/h5-6H,1-4H2;3,9H,1-2H3. The molecule has 0 aromatic carbocycles. The number of piperazine rings is 1. The molecule has 94 valence electrons. The molecule has 0 amide bonds. The predicted octanol–water partition coefficient (Wildman–Crippen LogP) is 1.49. The van der Waals surface area contributed by atoms with Gasteiger partial charge in [-0.25, -0.2) is 0 Å². The van der Waals surface area contributed by atoms with E-state index in [0.717, 1.165) is 33.3 Å². The molecule has 0 bridgehead atoms. The maximum atomic E-state index is 11.3. The number of rotatable bonds is 3. The van der Waals surface area contributed by atoms with Crippen LogP contribution in [0.2, 0.25) is 0 Å². The average Bonchev–Trinajstić information content (AvgIpc) is 2.19. The van der Waals surface area contributed by atoms with Gasteiger partial charge in [0.2, 0.25) is 0 Å². The van der Waals surface area contributed by atoms with Gasteiger partial charge in [-0.05, 0) is 0 Å². The minimum atomic E-state index is -5.87. The molecule has 8 heteroatoms. The van der Waals surface area contributed by atoms with Crippen molar-refractivity contribution in [3.8, 4) is 0 Å². The molecule has 1 heterocycles. The molecular formula is C7H18F3N2O2P. The SMILES string of the molecule is C1CNCCN1.COC(C)O[PH](F)(F)F. The molecule has 0 saturated carbocycles. The van der Waals surface area contributed by atoms with Crippen LogP contribution >= 0.6 is 8.42 Å².